The van der Waals surface area contributed by atoms with E-state index < -0.39 is 0 Å². The van der Waals surface area contributed by atoms with Gasteiger partial charge in [0.25, 0.3) is 0 Å². The third kappa shape index (κ3) is 8.55. The van der Waals surface area contributed by atoms with E-state index in [0.29, 0.717) is 5.82 Å². The van der Waals surface area contributed by atoms with Gasteiger partial charge in [0, 0.05) is 43.0 Å². The van der Waals surface area contributed by atoms with Gasteiger partial charge in [0.2, 0.25) is 0 Å². The van der Waals surface area contributed by atoms with Gasteiger partial charge in [0.15, 0.2) is 5.82 Å². The third-order valence-electron chi connectivity index (χ3n) is 9.77. The van der Waals surface area contributed by atoms with Crippen LogP contribution >= 0.6 is 15.9 Å². The molecule has 54 heavy (non-hydrogen) atoms. The van der Waals surface area contributed by atoms with E-state index in [4.69, 9.17) is 15.0 Å². The molecule has 5 heteroatoms. The standard InChI is InChI=1S/C49H45BrN3.Ir/c1-31-25-32(2)27-37(26-31)40-11-9-10-12-41(40)42-23-17-35(28-43(42)50)44-24-18-36(30-51-44)47-52-45(33-13-19-38(20-14-33)48(3,4)5)29-46(53-47)34-15-21-39(22-16-34)49(6,7)8;/h9-16,18-30H,1-8H3;/q-1;. The molecule has 5 aromatic carbocycles. The zero-order valence-electron chi connectivity index (χ0n) is 32.2. The van der Waals surface area contributed by atoms with E-state index in [0.717, 1.165) is 54.9 Å². The maximum absolute atomic E-state index is 5.09. The quantitative estimate of drug-likeness (QED) is 0.156. The minimum atomic E-state index is 0. The molecule has 0 aliphatic rings. The van der Waals surface area contributed by atoms with Crippen molar-refractivity contribution in [1.29, 1.82) is 0 Å². The molecule has 0 aliphatic carbocycles. The monoisotopic (exact) mass is 947 g/mol. The topological polar surface area (TPSA) is 38.7 Å². The Morgan fingerprint density at radius 1 is 0.519 bits per heavy atom. The van der Waals surface area contributed by atoms with Crippen LogP contribution in [0.25, 0.3) is 67.4 Å². The molecule has 2 heterocycles. The summed E-state index contributed by atoms with van der Waals surface area (Å²) in [6.07, 6.45) is 1.87. The molecule has 7 aromatic rings. The predicted molar refractivity (Wildman–Crippen MR) is 226 cm³/mol. The second-order valence-electron chi connectivity index (χ2n) is 16.1. The number of halogens is 1. The number of benzene rings is 5. The van der Waals surface area contributed by atoms with Gasteiger partial charge in [-0.25, -0.2) is 9.97 Å². The van der Waals surface area contributed by atoms with Gasteiger partial charge in [0.1, 0.15) is 0 Å². The van der Waals surface area contributed by atoms with Crippen LogP contribution in [0.2, 0.25) is 0 Å². The summed E-state index contributed by atoms with van der Waals surface area (Å²) in [5.41, 5.74) is 16.3. The molecular weight excluding hydrogens is 903 g/mol. The summed E-state index contributed by atoms with van der Waals surface area (Å²) >= 11 is 3.89. The van der Waals surface area contributed by atoms with Crippen LogP contribution in [0.4, 0.5) is 0 Å². The van der Waals surface area contributed by atoms with Gasteiger partial charge in [0.05, 0.1) is 11.4 Å². The van der Waals surface area contributed by atoms with Crippen molar-refractivity contribution in [2.24, 2.45) is 0 Å². The molecule has 2 aromatic heterocycles. The smallest absolute Gasteiger partial charge is 0.161 e. The van der Waals surface area contributed by atoms with Gasteiger partial charge in [-0.3, -0.25) is 0 Å². The predicted octanol–water partition coefficient (Wildman–Crippen LogP) is 13.6. The van der Waals surface area contributed by atoms with Crippen molar-refractivity contribution >= 4 is 15.9 Å². The number of hydrogen-bond acceptors (Lipinski definition) is 3. The Hall–Kier alpha value is -4.54. The van der Waals surface area contributed by atoms with E-state index in [-0.39, 0.29) is 30.9 Å². The minimum Gasteiger partial charge on any atom is -0.304 e. The molecule has 3 nitrogen and oxygen atoms in total. The van der Waals surface area contributed by atoms with Crippen molar-refractivity contribution in [3.05, 3.63) is 160 Å². The molecule has 0 fully saturated rings. The number of aromatic nitrogens is 3. The zero-order valence-corrected chi connectivity index (χ0v) is 36.2. The van der Waals surface area contributed by atoms with Crippen LogP contribution in [0, 0.1) is 19.9 Å². The van der Waals surface area contributed by atoms with Crippen molar-refractivity contribution < 1.29 is 20.1 Å². The Kier molecular flexibility index (Phi) is 11.4. The maximum Gasteiger partial charge on any atom is 0.161 e. The average molecular weight is 948 g/mol. The summed E-state index contributed by atoms with van der Waals surface area (Å²) < 4.78 is 0.990. The second-order valence-corrected chi connectivity index (χ2v) is 16.9. The largest absolute Gasteiger partial charge is 0.304 e. The number of nitrogens with zero attached hydrogens (tertiary/aromatic N) is 3. The minimum absolute atomic E-state index is 0. The number of rotatable bonds is 6. The van der Waals surface area contributed by atoms with Gasteiger partial charge in [-0.05, 0) is 58.7 Å². The average Bonchev–Trinajstić information content (AvgIpc) is 3.14. The van der Waals surface area contributed by atoms with E-state index >= 15 is 0 Å². The SMILES string of the molecule is Cc1cc(C)cc(-c2ccccc2-c2c[c-]c(-c3ccc(-c4nc(-c5ccc(C(C)(C)C)cc5)cc(-c5ccc(C(C)(C)C)cc5)n4)cn3)cc2Br)c1.[Ir]. The molecular formula is C49H45BrIrN3-. The molecule has 0 saturated carbocycles. The van der Waals surface area contributed by atoms with Crippen LogP contribution in [0.15, 0.2) is 132 Å². The number of pyridine rings is 1. The molecule has 1 radical (unpaired) electrons. The summed E-state index contributed by atoms with van der Waals surface area (Å²) in [6, 6.07) is 46.6. The molecule has 0 saturated heterocycles. The third-order valence-corrected chi connectivity index (χ3v) is 10.4. The van der Waals surface area contributed by atoms with Crippen LogP contribution in [0.5, 0.6) is 0 Å². The molecule has 273 valence electrons. The molecule has 0 unspecified atom stereocenters. The van der Waals surface area contributed by atoms with E-state index in [1.807, 2.05) is 12.3 Å². The molecule has 0 amide bonds. The van der Waals surface area contributed by atoms with Crippen LogP contribution in [0.1, 0.15) is 63.8 Å². The molecule has 0 N–H and O–H groups in total. The Balaban J connectivity index is 0.00000497. The van der Waals surface area contributed by atoms with Gasteiger partial charge in [-0.1, -0.05) is 187 Å². The normalized spacial score (nSPS) is 11.6. The van der Waals surface area contributed by atoms with Gasteiger partial charge >= 0.3 is 0 Å². The van der Waals surface area contributed by atoms with Crippen molar-refractivity contribution in [3.8, 4) is 67.4 Å². The first kappa shape index (κ1) is 39.2. The zero-order chi connectivity index (χ0) is 37.5. The van der Waals surface area contributed by atoms with Crippen molar-refractivity contribution in [2.45, 2.75) is 66.2 Å². The van der Waals surface area contributed by atoms with E-state index in [9.17, 15) is 0 Å². The van der Waals surface area contributed by atoms with E-state index in [2.05, 4.69) is 193 Å². The van der Waals surface area contributed by atoms with Crippen LogP contribution in [-0.4, -0.2) is 15.0 Å². The summed E-state index contributed by atoms with van der Waals surface area (Å²) in [5.74, 6) is 0.639. The van der Waals surface area contributed by atoms with Gasteiger partial charge in [-0.2, -0.15) is 0 Å². The fraction of sp³-hybridized carbons (Fsp3) is 0.204. The van der Waals surface area contributed by atoms with Crippen LogP contribution < -0.4 is 0 Å². The molecule has 0 aliphatic heterocycles. The van der Waals surface area contributed by atoms with Gasteiger partial charge < -0.3 is 4.98 Å². The molecule has 0 atom stereocenters. The fourth-order valence-electron chi connectivity index (χ4n) is 6.76. The van der Waals surface area contributed by atoms with E-state index in [1.165, 1.54) is 33.4 Å². The first-order valence-electron chi connectivity index (χ1n) is 18.2. The maximum atomic E-state index is 5.09. The summed E-state index contributed by atoms with van der Waals surface area (Å²) in [7, 11) is 0. The molecule has 0 spiro atoms. The first-order valence-corrected chi connectivity index (χ1v) is 19.0. The number of hydrogen-bond donors (Lipinski definition) is 0. The Bertz CT molecular complexity index is 2320. The Morgan fingerprint density at radius 2 is 1.04 bits per heavy atom. The van der Waals surface area contributed by atoms with Crippen LogP contribution in [0.3, 0.4) is 0 Å². The van der Waals surface area contributed by atoms with E-state index in [1.54, 1.807) is 0 Å². The summed E-state index contributed by atoms with van der Waals surface area (Å²) in [5, 5.41) is 0. The van der Waals surface area contributed by atoms with Crippen LogP contribution in [-0.2, 0) is 30.9 Å². The molecule has 7 rings (SSSR count). The summed E-state index contributed by atoms with van der Waals surface area (Å²) in [4.78, 5) is 15.1. The number of aryl methyl sites for hydroxylation is 2. The Morgan fingerprint density at radius 3 is 1.52 bits per heavy atom. The second kappa shape index (κ2) is 15.7. The van der Waals surface area contributed by atoms with Crippen molar-refractivity contribution in [3.63, 3.8) is 0 Å². The Labute approximate surface area is 342 Å². The molecule has 0 bridgehead atoms. The fourth-order valence-corrected chi connectivity index (χ4v) is 7.32. The van der Waals surface area contributed by atoms with Crippen molar-refractivity contribution in [1.82, 2.24) is 15.0 Å². The van der Waals surface area contributed by atoms with Gasteiger partial charge in [-0.15, -0.1) is 23.8 Å². The summed E-state index contributed by atoms with van der Waals surface area (Å²) in [6.45, 7) is 17.7. The van der Waals surface area contributed by atoms with Crippen molar-refractivity contribution in [2.75, 3.05) is 0 Å². The first-order chi connectivity index (χ1) is 25.2.